The number of aryl methyl sites for hydroxylation is 1. The standard InChI is InChI=1S/C22H20N4O4S/c1-4-19-24-25-22(31-19)23-12-16-14-7-5-6-8-15(14)20(27)26(21(16)28)13-9-10-17(29-2)18(11-13)30-3/h5-12,28H,4H2,1-3H3/b23-12+. The van der Waals surface area contributed by atoms with E-state index in [1.54, 1.807) is 42.5 Å². The number of ether oxygens (including phenoxy) is 2. The molecule has 0 unspecified atom stereocenters. The van der Waals surface area contributed by atoms with Crippen LogP contribution in [0, 0.1) is 0 Å². The molecule has 0 saturated carbocycles. The fourth-order valence-corrected chi connectivity index (χ4v) is 3.88. The molecular weight excluding hydrogens is 416 g/mol. The largest absolute Gasteiger partial charge is 0.494 e. The summed E-state index contributed by atoms with van der Waals surface area (Å²) < 4.78 is 11.8. The summed E-state index contributed by atoms with van der Waals surface area (Å²) in [6.07, 6.45) is 2.28. The Morgan fingerprint density at radius 3 is 2.52 bits per heavy atom. The number of aromatic nitrogens is 3. The molecule has 1 N–H and O–H groups in total. The van der Waals surface area contributed by atoms with E-state index in [4.69, 9.17) is 9.47 Å². The third-order valence-electron chi connectivity index (χ3n) is 4.79. The second kappa shape index (κ2) is 8.57. The molecule has 0 saturated heterocycles. The van der Waals surface area contributed by atoms with Gasteiger partial charge in [0.2, 0.25) is 11.0 Å². The Bertz CT molecular complexity index is 1340. The van der Waals surface area contributed by atoms with Crippen LogP contribution in [0.3, 0.4) is 0 Å². The third-order valence-corrected chi connectivity index (χ3v) is 5.77. The zero-order valence-corrected chi connectivity index (χ0v) is 18.0. The van der Waals surface area contributed by atoms with E-state index < -0.39 is 0 Å². The molecule has 0 atom stereocenters. The molecule has 0 amide bonds. The first-order chi connectivity index (χ1) is 15.1. The van der Waals surface area contributed by atoms with E-state index in [1.807, 2.05) is 6.92 Å². The van der Waals surface area contributed by atoms with Crippen molar-refractivity contribution in [2.24, 2.45) is 4.99 Å². The van der Waals surface area contributed by atoms with Crippen LogP contribution in [-0.4, -0.2) is 40.3 Å². The maximum atomic E-state index is 13.2. The highest BCUT2D eigenvalue weighted by molar-refractivity contribution is 7.14. The van der Waals surface area contributed by atoms with Crippen molar-refractivity contribution >= 4 is 33.5 Å². The lowest BCUT2D eigenvalue weighted by atomic mass is 10.1. The van der Waals surface area contributed by atoms with Crippen LogP contribution >= 0.6 is 11.3 Å². The number of fused-ring (bicyclic) bond motifs is 1. The monoisotopic (exact) mass is 436 g/mol. The Kier molecular flexibility index (Phi) is 5.68. The number of benzene rings is 2. The van der Waals surface area contributed by atoms with Gasteiger partial charge in [-0.05, 0) is 24.6 Å². The highest BCUT2D eigenvalue weighted by Crippen LogP contribution is 2.32. The Labute approximate surface area is 182 Å². The smallest absolute Gasteiger partial charge is 0.265 e. The molecule has 4 rings (SSSR count). The lowest BCUT2D eigenvalue weighted by Crippen LogP contribution is -2.20. The molecule has 0 radical (unpaired) electrons. The number of nitrogens with zero attached hydrogens (tertiary/aromatic N) is 4. The number of aliphatic imine (C=N–C) groups is 1. The Morgan fingerprint density at radius 1 is 1.10 bits per heavy atom. The van der Waals surface area contributed by atoms with Crippen molar-refractivity contribution in [3.8, 4) is 23.1 Å². The van der Waals surface area contributed by atoms with Crippen molar-refractivity contribution in [2.45, 2.75) is 13.3 Å². The zero-order chi connectivity index (χ0) is 22.0. The predicted molar refractivity (Wildman–Crippen MR) is 121 cm³/mol. The summed E-state index contributed by atoms with van der Waals surface area (Å²) in [4.78, 5) is 17.6. The van der Waals surface area contributed by atoms with Crippen LogP contribution in [0.5, 0.6) is 17.4 Å². The molecule has 2 aromatic carbocycles. The summed E-state index contributed by atoms with van der Waals surface area (Å²) >= 11 is 1.38. The van der Waals surface area contributed by atoms with Crippen molar-refractivity contribution in [1.82, 2.24) is 14.8 Å². The minimum atomic E-state index is -0.360. The van der Waals surface area contributed by atoms with E-state index in [0.29, 0.717) is 38.7 Å². The molecule has 2 aromatic heterocycles. The van der Waals surface area contributed by atoms with E-state index in [-0.39, 0.29) is 11.4 Å². The van der Waals surface area contributed by atoms with Crippen molar-refractivity contribution in [3.05, 3.63) is 63.4 Å². The normalized spacial score (nSPS) is 11.3. The van der Waals surface area contributed by atoms with Crippen molar-refractivity contribution < 1.29 is 14.6 Å². The van der Waals surface area contributed by atoms with Gasteiger partial charge in [-0.3, -0.25) is 4.79 Å². The quantitative estimate of drug-likeness (QED) is 0.461. The van der Waals surface area contributed by atoms with Gasteiger partial charge >= 0.3 is 0 Å². The van der Waals surface area contributed by atoms with Gasteiger partial charge in [0, 0.05) is 23.1 Å². The third kappa shape index (κ3) is 3.75. The number of rotatable bonds is 6. The summed E-state index contributed by atoms with van der Waals surface area (Å²) in [6.45, 7) is 1.99. The Balaban J connectivity index is 1.94. The van der Waals surface area contributed by atoms with Crippen LogP contribution < -0.4 is 15.0 Å². The fourth-order valence-electron chi connectivity index (χ4n) is 3.25. The summed E-state index contributed by atoms with van der Waals surface area (Å²) in [5, 5.41) is 21.6. The predicted octanol–water partition coefficient (Wildman–Crippen LogP) is 3.88. The lowest BCUT2D eigenvalue weighted by Gasteiger charge is -2.15. The van der Waals surface area contributed by atoms with Crippen LogP contribution in [-0.2, 0) is 6.42 Å². The van der Waals surface area contributed by atoms with Crippen molar-refractivity contribution in [2.75, 3.05) is 14.2 Å². The maximum Gasteiger partial charge on any atom is 0.265 e. The molecule has 0 spiro atoms. The maximum absolute atomic E-state index is 13.2. The second-order valence-corrected chi connectivity index (χ2v) is 7.59. The first kappa shape index (κ1) is 20.5. The number of aromatic hydroxyl groups is 1. The highest BCUT2D eigenvalue weighted by Gasteiger charge is 2.18. The Hall–Kier alpha value is -3.72. The molecule has 8 nitrogen and oxygen atoms in total. The molecule has 2 heterocycles. The summed E-state index contributed by atoms with van der Waals surface area (Å²) in [6, 6.07) is 12.1. The van der Waals surface area contributed by atoms with Crippen LogP contribution in [0.1, 0.15) is 17.5 Å². The minimum Gasteiger partial charge on any atom is -0.494 e. The fraction of sp³-hybridized carbons (Fsp3) is 0.182. The van der Waals surface area contributed by atoms with E-state index in [2.05, 4.69) is 15.2 Å². The van der Waals surface area contributed by atoms with Crippen molar-refractivity contribution in [1.29, 1.82) is 0 Å². The van der Waals surface area contributed by atoms with Crippen molar-refractivity contribution in [3.63, 3.8) is 0 Å². The molecule has 4 aromatic rings. The van der Waals surface area contributed by atoms with E-state index in [1.165, 1.54) is 36.3 Å². The van der Waals surface area contributed by atoms with Gasteiger partial charge in [0.25, 0.3) is 5.56 Å². The number of hydrogen-bond acceptors (Lipinski definition) is 8. The van der Waals surface area contributed by atoms with E-state index in [9.17, 15) is 9.90 Å². The molecule has 0 aliphatic rings. The molecule has 31 heavy (non-hydrogen) atoms. The van der Waals surface area contributed by atoms with E-state index >= 15 is 0 Å². The summed E-state index contributed by atoms with van der Waals surface area (Å²) in [5.41, 5.74) is 0.477. The second-order valence-electron chi connectivity index (χ2n) is 6.55. The van der Waals surface area contributed by atoms with Crippen LogP contribution in [0.25, 0.3) is 16.5 Å². The topological polar surface area (TPSA) is 98.8 Å². The molecule has 0 fully saturated rings. The first-order valence-electron chi connectivity index (χ1n) is 9.53. The van der Waals surface area contributed by atoms with Gasteiger partial charge in [-0.15, -0.1) is 10.2 Å². The number of hydrogen-bond donors (Lipinski definition) is 1. The van der Waals surface area contributed by atoms with Crippen LogP contribution in [0.15, 0.2) is 52.3 Å². The number of pyridine rings is 1. The number of methoxy groups -OCH3 is 2. The van der Waals surface area contributed by atoms with Gasteiger partial charge in [0.1, 0.15) is 5.01 Å². The van der Waals surface area contributed by atoms with Crippen LogP contribution in [0.4, 0.5) is 5.13 Å². The van der Waals surface area contributed by atoms with Gasteiger partial charge in [-0.1, -0.05) is 36.5 Å². The first-order valence-corrected chi connectivity index (χ1v) is 10.3. The van der Waals surface area contributed by atoms with E-state index in [0.717, 1.165) is 11.4 Å². The van der Waals surface area contributed by atoms with Gasteiger partial charge in [0.15, 0.2) is 11.5 Å². The molecule has 0 aliphatic heterocycles. The van der Waals surface area contributed by atoms with Crippen LogP contribution in [0.2, 0.25) is 0 Å². The SMILES string of the molecule is CCc1nnc(/N=C/c2c(O)n(-c3ccc(OC)c(OC)c3)c(=O)c3ccccc23)s1. The molecule has 158 valence electrons. The van der Waals surface area contributed by atoms with Gasteiger partial charge in [0.05, 0.1) is 25.5 Å². The van der Waals surface area contributed by atoms with Gasteiger partial charge in [-0.25, -0.2) is 9.56 Å². The summed E-state index contributed by atoms with van der Waals surface area (Å²) in [7, 11) is 3.04. The average molecular weight is 436 g/mol. The molecule has 0 bridgehead atoms. The summed E-state index contributed by atoms with van der Waals surface area (Å²) in [5.74, 6) is 0.722. The Morgan fingerprint density at radius 2 is 1.84 bits per heavy atom. The minimum absolute atomic E-state index is 0.236. The highest BCUT2D eigenvalue weighted by atomic mass is 32.1. The molecule has 0 aliphatic carbocycles. The van der Waals surface area contributed by atoms with Gasteiger partial charge in [-0.2, -0.15) is 0 Å². The average Bonchev–Trinajstić information content (AvgIpc) is 3.27. The zero-order valence-electron chi connectivity index (χ0n) is 17.2. The van der Waals surface area contributed by atoms with Gasteiger partial charge < -0.3 is 14.6 Å². The molecule has 9 heteroatoms. The molecular formula is C22H20N4O4S. The lowest BCUT2D eigenvalue weighted by molar-refractivity contribution is 0.354.